The van der Waals surface area contributed by atoms with Gasteiger partial charge in [-0.15, -0.1) is 0 Å². The van der Waals surface area contributed by atoms with Crippen molar-refractivity contribution in [2.75, 3.05) is 0 Å². The average Bonchev–Trinajstić information content (AvgIpc) is 3.22. The van der Waals surface area contributed by atoms with Crippen molar-refractivity contribution in [1.82, 2.24) is 9.97 Å². The minimum Gasteiger partial charge on any atom is -0.256 e. The zero-order valence-corrected chi connectivity index (χ0v) is 28.2. The Morgan fingerprint density at radius 2 is 0.885 bits per heavy atom. The van der Waals surface area contributed by atoms with E-state index in [9.17, 15) is 0 Å². The molecule has 0 atom stereocenters. The van der Waals surface area contributed by atoms with Crippen LogP contribution in [-0.4, -0.2) is 9.97 Å². The number of hydrogen-bond donors (Lipinski definition) is 0. The highest BCUT2D eigenvalue weighted by Gasteiger charge is 2.19. The predicted molar refractivity (Wildman–Crippen MR) is 221 cm³/mol. The molecule has 0 unspecified atom stereocenters. The molecule has 0 saturated heterocycles. The normalized spacial score (nSPS) is 11.8. The zero-order chi connectivity index (χ0) is 34.2. The number of para-hydroxylation sites is 1. The molecule has 2 heteroatoms. The predicted octanol–water partition coefficient (Wildman–Crippen LogP) is 13.5. The van der Waals surface area contributed by atoms with Gasteiger partial charge in [0.1, 0.15) is 0 Å². The summed E-state index contributed by atoms with van der Waals surface area (Å²) in [6, 6.07) is 63.7. The molecule has 9 aromatic carbocycles. The average molecular weight is 659 g/mol. The van der Waals surface area contributed by atoms with E-state index in [4.69, 9.17) is 9.97 Å². The van der Waals surface area contributed by atoms with Gasteiger partial charge >= 0.3 is 0 Å². The summed E-state index contributed by atoms with van der Waals surface area (Å²) in [6.45, 7) is 0. The fourth-order valence-electron chi connectivity index (χ4n) is 8.59. The smallest absolute Gasteiger partial charge is 0.0794 e. The quantitative estimate of drug-likeness (QED) is 0.177. The van der Waals surface area contributed by atoms with Crippen molar-refractivity contribution in [3.63, 3.8) is 0 Å². The van der Waals surface area contributed by atoms with Gasteiger partial charge in [-0.05, 0) is 84.2 Å². The summed E-state index contributed by atoms with van der Waals surface area (Å²) in [6.07, 6.45) is 1.88. The summed E-state index contributed by atoms with van der Waals surface area (Å²) >= 11 is 0. The number of pyridine rings is 2. The highest BCUT2D eigenvalue weighted by molar-refractivity contribution is 6.33. The molecule has 0 N–H and O–H groups in total. The Kier molecular flexibility index (Phi) is 6.28. The molecule has 2 heterocycles. The SMILES string of the molecule is c1cc(-c2ccc(-c3cc4cccnc4c4ccccc34)c3ccccc23)cc(-c2nc3ccccc3c3c4ccccc4c4ccccc4c23)c1. The maximum absolute atomic E-state index is 5.43. The Morgan fingerprint density at radius 1 is 0.327 bits per heavy atom. The third kappa shape index (κ3) is 4.25. The summed E-state index contributed by atoms with van der Waals surface area (Å²) in [4.78, 5) is 10.2. The second-order valence-corrected chi connectivity index (χ2v) is 13.7. The highest BCUT2D eigenvalue weighted by atomic mass is 14.7. The van der Waals surface area contributed by atoms with E-state index < -0.39 is 0 Å². The maximum Gasteiger partial charge on any atom is 0.0794 e. The summed E-state index contributed by atoms with van der Waals surface area (Å²) in [5.74, 6) is 0. The summed E-state index contributed by atoms with van der Waals surface area (Å²) in [5.41, 5.74) is 8.97. The number of nitrogens with zero attached hydrogens (tertiary/aromatic N) is 2. The van der Waals surface area contributed by atoms with E-state index in [2.05, 4.69) is 170 Å². The van der Waals surface area contributed by atoms with Crippen molar-refractivity contribution >= 4 is 75.7 Å². The van der Waals surface area contributed by atoms with Gasteiger partial charge in [-0.25, -0.2) is 4.98 Å². The Hall–Kier alpha value is -6.90. The van der Waals surface area contributed by atoms with Crippen LogP contribution in [0.5, 0.6) is 0 Å². The molecule has 11 rings (SSSR count). The highest BCUT2D eigenvalue weighted by Crippen LogP contribution is 2.44. The van der Waals surface area contributed by atoms with Crippen LogP contribution in [0, 0.1) is 0 Å². The third-order valence-electron chi connectivity index (χ3n) is 10.8. The van der Waals surface area contributed by atoms with E-state index in [0.29, 0.717) is 0 Å². The van der Waals surface area contributed by atoms with Crippen LogP contribution in [0.2, 0.25) is 0 Å². The molecule has 0 radical (unpaired) electrons. The lowest BCUT2D eigenvalue weighted by Gasteiger charge is -2.17. The van der Waals surface area contributed by atoms with Gasteiger partial charge < -0.3 is 0 Å². The number of rotatable bonds is 3. The fraction of sp³-hybridized carbons (Fsp3) is 0. The molecule has 0 aliphatic heterocycles. The Balaban J connectivity index is 1.16. The van der Waals surface area contributed by atoms with Crippen LogP contribution in [0.4, 0.5) is 0 Å². The van der Waals surface area contributed by atoms with Gasteiger partial charge in [0.05, 0.1) is 16.7 Å². The molecule has 0 amide bonds. The first kappa shape index (κ1) is 28.9. The van der Waals surface area contributed by atoms with Gasteiger partial charge in [-0.3, -0.25) is 4.98 Å². The van der Waals surface area contributed by atoms with E-state index in [1.54, 1.807) is 0 Å². The van der Waals surface area contributed by atoms with Crippen LogP contribution in [0.1, 0.15) is 0 Å². The largest absolute Gasteiger partial charge is 0.256 e. The molecule has 0 bridgehead atoms. The molecule has 0 spiro atoms. The topological polar surface area (TPSA) is 25.8 Å². The lowest BCUT2D eigenvalue weighted by atomic mass is 9.88. The monoisotopic (exact) mass is 658 g/mol. The van der Waals surface area contributed by atoms with E-state index in [0.717, 1.165) is 27.7 Å². The van der Waals surface area contributed by atoms with Crippen LogP contribution in [0.25, 0.3) is 109 Å². The van der Waals surface area contributed by atoms with Gasteiger partial charge in [-0.2, -0.15) is 0 Å². The summed E-state index contributed by atoms with van der Waals surface area (Å²) in [7, 11) is 0. The van der Waals surface area contributed by atoms with Crippen molar-refractivity contribution in [3.8, 4) is 33.5 Å². The van der Waals surface area contributed by atoms with Crippen molar-refractivity contribution in [2.45, 2.75) is 0 Å². The molecule has 11 aromatic rings. The first-order chi connectivity index (χ1) is 25.8. The molecular weight excluding hydrogens is 629 g/mol. The number of aromatic nitrogens is 2. The molecule has 240 valence electrons. The molecule has 0 aliphatic rings. The van der Waals surface area contributed by atoms with Gasteiger partial charge in [0.25, 0.3) is 0 Å². The Morgan fingerprint density at radius 3 is 1.63 bits per heavy atom. The molecule has 0 fully saturated rings. The first-order valence-electron chi connectivity index (χ1n) is 17.8. The van der Waals surface area contributed by atoms with E-state index in [-0.39, 0.29) is 0 Å². The van der Waals surface area contributed by atoms with Crippen molar-refractivity contribution in [3.05, 3.63) is 182 Å². The molecule has 2 aromatic heterocycles. The van der Waals surface area contributed by atoms with Gasteiger partial charge in [-0.1, -0.05) is 152 Å². The molecule has 0 saturated carbocycles. The van der Waals surface area contributed by atoms with E-state index in [1.807, 2.05) is 12.3 Å². The summed E-state index contributed by atoms with van der Waals surface area (Å²) in [5, 5.41) is 14.6. The third-order valence-corrected chi connectivity index (χ3v) is 10.8. The van der Waals surface area contributed by atoms with Crippen molar-refractivity contribution in [1.29, 1.82) is 0 Å². The van der Waals surface area contributed by atoms with Crippen LogP contribution >= 0.6 is 0 Å². The van der Waals surface area contributed by atoms with Crippen LogP contribution in [0.15, 0.2) is 182 Å². The van der Waals surface area contributed by atoms with E-state index in [1.165, 1.54) is 81.5 Å². The molecule has 0 aliphatic carbocycles. The van der Waals surface area contributed by atoms with E-state index >= 15 is 0 Å². The number of benzene rings is 9. The molecule has 52 heavy (non-hydrogen) atoms. The van der Waals surface area contributed by atoms with Crippen molar-refractivity contribution in [2.24, 2.45) is 0 Å². The Bertz CT molecular complexity index is 3250. The standard InChI is InChI=1S/C50H30N2/c1-2-17-36-35(16-1)34(26-27-40(36)45-30-33-15-12-28-51-49(33)43-23-8-5-20-39(43)45)31-13-11-14-32(29-31)50-48-42-22-7-4-19-38(42)37-18-3-6-21-41(37)47(48)44-24-9-10-25-46(44)52-50/h1-30H. The van der Waals surface area contributed by atoms with Crippen LogP contribution in [-0.2, 0) is 0 Å². The van der Waals surface area contributed by atoms with Gasteiger partial charge in [0, 0.05) is 38.7 Å². The van der Waals surface area contributed by atoms with Crippen LogP contribution in [0.3, 0.4) is 0 Å². The van der Waals surface area contributed by atoms with Gasteiger partial charge in [0.15, 0.2) is 0 Å². The lowest BCUT2D eigenvalue weighted by Crippen LogP contribution is -1.93. The van der Waals surface area contributed by atoms with Crippen molar-refractivity contribution < 1.29 is 0 Å². The number of hydrogen-bond acceptors (Lipinski definition) is 2. The molecule has 2 nitrogen and oxygen atoms in total. The minimum atomic E-state index is 1.00. The fourth-order valence-corrected chi connectivity index (χ4v) is 8.59. The maximum atomic E-state index is 5.43. The second kappa shape index (κ2) is 11.3. The Labute approximate surface area is 300 Å². The number of fused-ring (bicyclic) bond motifs is 12. The zero-order valence-electron chi connectivity index (χ0n) is 28.2. The van der Waals surface area contributed by atoms with Gasteiger partial charge in [0.2, 0.25) is 0 Å². The lowest BCUT2D eigenvalue weighted by molar-refractivity contribution is 1.43. The van der Waals surface area contributed by atoms with Crippen LogP contribution < -0.4 is 0 Å². The first-order valence-corrected chi connectivity index (χ1v) is 17.8. The minimum absolute atomic E-state index is 1.00. The second-order valence-electron chi connectivity index (χ2n) is 13.7. The molecular formula is C50H30N2. The summed E-state index contributed by atoms with van der Waals surface area (Å²) < 4.78 is 0.